The molecule has 0 radical (unpaired) electrons. The summed E-state index contributed by atoms with van der Waals surface area (Å²) >= 11 is 0. The van der Waals surface area contributed by atoms with Gasteiger partial charge in [-0.1, -0.05) is 31.8 Å². The highest BCUT2D eigenvalue weighted by Gasteiger charge is 2.43. The second-order valence-corrected chi connectivity index (χ2v) is 6.04. The highest BCUT2D eigenvalue weighted by Crippen LogP contribution is 2.33. The lowest BCUT2D eigenvalue weighted by Crippen LogP contribution is -2.53. The lowest BCUT2D eigenvalue weighted by atomic mass is 9.76. The van der Waals surface area contributed by atoms with Crippen LogP contribution in [0, 0.1) is 5.41 Å². The van der Waals surface area contributed by atoms with E-state index in [1.807, 2.05) is 13.8 Å². The van der Waals surface area contributed by atoms with E-state index in [2.05, 4.69) is 5.16 Å². The first-order valence-electron chi connectivity index (χ1n) is 7.10. The predicted octanol–water partition coefficient (Wildman–Crippen LogP) is 1.55. The molecule has 0 heterocycles. The van der Waals surface area contributed by atoms with E-state index in [1.54, 1.807) is 20.9 Å². The molecule has 0 fully saturated rings. The molecule has 0 aromatic heterocycles. The molecule has 0 saturated carbocycles. The molecule has 0 spiro atoms. The Morgan fingerprint density at radius 3 is 2.00 bits per heavy atom. The number of likely N-dealkylation sites (N-methyl/N-ethyl adjacent to an activating group) is 1. The fraction of sp³-hybridized carbons (Fsp3) is 0.857. The van der Waals surface area contributed by atoms with Crippen LogP contribution >= 0.6 is 0 Å². The number of nitrogens with two attached hydrogens (primary N) is 1. The maximum Gasteiger partial charge on any atom is 0.236 e. The molecule has 0 aliphatic carbocycles. The maximum absolute atomic E-state index is 12.8. The molecule has 0 rings (SSSR count). The van der Waals surface area contributed by atoms with E-state index in [0.29, 0.717) is 12.8 Å². The molecule has 4 N–H and O–H groups in total. The summed E-state index contributed by atoms with van der Waals surface area (Å²) in [6.07, 6.45) is 2.54. The lowest BCUT2D eigenvalue weighted by molar-refractivity contribution is -0.140. The van der Waals surface area contributed by atoms with Gasteiger partial charge in [0.1, 0.15) is 5.41 Å². The topological polar surface area (TPSA) is 99.2 Å². The number of nitrogens with zero attached hydrogens (tertiary/aromatic N) is 2. The molecular formula is C14H29N3O3. The van der Waals surface area contributed by atoms with Gasteiger partial charge in [-0.3, -0.25) is 4.79 Å². The van der Waals surface area contributed by atoms with Crippen molar-refractivity contribution in [1.82, 2.24) is 4.90 Å². The van der Waals surface area contributed by atoms with Gasteiger partial charge in [-0.25, -0.2) is 0 Å². The van der Waals surface area contributed by atoms with Gasteiger partial charge >= 0.3 is 0 Å². The Hall–Kier alpha value is -1.30. The largest absolute Gasteiger partial charge is 0.409 e. The first-order valence-corrected chi connectivity index (χ1v) is 7.10. The smallest absolute Gasteiger partial charge is 0.236 e. The SMILES string of the molecule is CCCC(CCC)(C(=O)N(C)CC(C)(C)O)C(N)=NO. The molecule has 0 bridgehead atoms. The van der Waals surface area contributed by atoms with Gasteiger partial charge in [-0.15, -0.1) is 0 Å². The zero-order valence-corrected chi connectivity index (χ0v) is 13.3. The van der Waals surface area contributed by atoms with Crippen LogP contribution in [-0.2, 0) is 4.79 Å². The van der Waals surface area contributed by atoms with E-state index >= 15 is 0 Å². The summed E-state index contributed by atoms with van der Waals surface area (Å²) in [5.41, 5.74) is 3.84. The third-order valence-electron chi connectivity index (χ3n) is 3.33. The molecule has 6 heteroatoms. The van der Waals surface area contributed by atoms with Gasteiger partial charge < -0.3 is 20.9 Å². The number of hydrogen-bond acceptors (Lipinski definition) is 4. The highest BCUT2D eigenvalue weighted by atomic mass is 16.4. The summed E-state index contributed by atoms with van der Waals surface area (Å²) < 4.78 is 0. The van der Waals surface area contributed by atoms with Crippen LogP contribution in [0.2, 0.25) is 0 Å². The number of oxime groups is 1. The number of aliphatic hydroxyl groups is 1. The zero-order chi connectivity index (χ0) is 16.0. The van der Waals surface area contributed by atoms with Crippen LogP contribution in [-0.4, -0.2) is 46.1 Å². The van der Waals surface area contributed by atoms with Crippen LogP contribution < -0.4 is 5.73 Å². The summed E-state index contributed by atoms with van der Waals surface area (Å²) in [7, 11) is 1.63. The van der Waals surface area contributed by atoms with Crippen LogP contribution in [0.4, 0.5) is 0 Å². The molecule has 20 heavy (non-hydrogen) atoms. The summed E-state index contributed by atoms with van der Waals surface area (Å²) in [6.45, 7) is 7.39. The second-order valence-electron chi connectivity index (χ2n) is 6.04. The molecule has 1 amide bonds. The molecule has 0 aliphatic rings. The van der Waals surface area contributed by atoms with Gasteiger partial charge in [0.15, 0.2) is 5.84 Å². The number of carbonyl (C=O) groups is 1. The normalized spacial score (nSPS) is 13.4. The Bertz CT molecular complexity index is 342. The molecule has 118 valence electrons. The fourth-order valence-electron chi connectivity index (χ4n) is 2.67. The van der Waals surface area contributed by atoms with Crippen LogP contribution in [0.5, 0.6) is 0 Å². The first-order chi connectivity index (χ1) is 9.14. The van der Waals surface area contributed by atoms with Crippen molar-refractivity contribution < 1.29 is 15.1 Å². The molecule has 0 aromatic carbocycles. The summed E-state index contributed by atoms with van der Waals surface area (Å²) in [6, 6.07) is 0. The third-order valence-corrected chi connectivity index (χ3v) is 3.33. The minimum Gasteiger partial charge on any atom is -0.409 e. The maximum atomic E-state index is 12.8. The van der Waals surface area contributed by atoms with Crippen LogP contribution in [0.1, 0.15) is 53.4 Å². The quantitative estimate of drug-likeness (QED) is 0.273. The predicted molar refractivity (Wildman–Crippen MR) is 79.6 cm³/mol. The Labute approximate surface area is 121 Å². The third kappa shape index (κ3) is 4.67. The monoisotopic (exact) mass is 287 g/mol. The van der Waals surface area contributed by atoms with E-state index in [9.17, 15) is 9.90 Å². The van der Waals surface area contributed by atoms with E-state index in [0.717, 1.165) is 12.8 Å². The molecule has 0 saturated heterocycles. The Morgan fingerprint density at radius 2 is 1.70 bits per heavy atom. The van der Waals surface area contributed by atoms with Gasteiger partial charge in [0, 0.05) is 13.6 Å². The molecule has 0 aromatic rings. The van der Waals surface area contributed by atoms with Gasteiger partial charge in [0.05, 0.1) is 5.60 Å². The summed E-state index contributed by atoms with van der Waals surface area (Å²) in [5, 5.41) is 22.0. The van der Waals surface area contributed by atoms with Gasteiger partial charge in [0.25, 0.3) is 0 Å². The van der Waals surface area contributed by atoms with Crippen molar-refractivity contribution in [2.75, 3.05) is 13.6 Å². The molecule has 0 atom stereocenters. The fourth-order valence-corrected chi connectivity index (χ4v) is 2.67. The zero-order valence-electron chi connectivity index (χ0n) is 13.3. The number of hydrogen-bond donors (Lipinski definition) is 3. The average molecular weight is 287 g/mol. The van der Waals surface area contributed by atoms with Crippen molar-refractivity contribution in [3.05, 3.63) is 0 Å². The van der Waals surface area contributed by atoms with Gasteiger partial charge in [-0.2, -0.15) is 0 Å². The van der Waals surface area contributed by atoms with E-state index in [1.165, 1.54) is 4.90 Å². The van der Waals surface area contributed by atoms with Crippen LogP contribution in [0.15, 0.2) is 5.16 Å². The van der Waals surface area contributed by atoms with Crippen LogP contribution in [0.25, 0.3) is 0 Å². The Balaban J connectivity index is 5.44. The second kappa shape index (κ2) is 7.47. The molecular weight excluding hydrogens is 258 g/mol. The number of carbonyl (C=O) groups excluding carboxylic acids is 1. The number of amidine groups is 1. The highest BCUT2D eigenvalue weighted by molar-refractivity contribution is 6.06. The Morgan fingerprint density at radius 1 is 1.25 bits per heavy atom. The Kier molecular flexibility index (Phi) is 6.99. The van der Waals surface area contributed by atoms with Crippen molar-refractivity contribution in [1.29, 1.82) is 0 Å². The summed E-state index contributed by atoms with van der Waals surface area (Å²) in [5.74, 6) is -0.257. The number of rotatable bonds is 8. The first kappa shape index (κ1) is 18.7. The van der Waals surface area contributed by atoms with Gasteiger partial charge in [0.2, 0.25) is 5.91 Å². The average Bonchev–Trinajstić information content (AvgIpc) is 2.34. The van der Waals surface area contributed by atoms with Crippen LogP contribution in [0.3, 0.4) is 0 Å². The molecule has 0 unspecified atom stereocenters. The van der Waals surface area contributed by atoms with Crippen molar-refractivity contribution >= 4 is 11.7 Å². The standard InChI is InChI=1S/C14H29N3O3/c1-6-8-14(9-7-2,11(15)16-20)12(18)17(5)10-13(3,4)19/h19-20H,6-10H2,1-5H3,(H2,15,16). The minimum atomic E-state index is -0.988. The minimum absolute atomic E-state index is 0.0474. The molecule has 0 aliphatic heterocycles. The van der Waals surface area contributed by atoms with E-state index < -0.39 is 11.0 Å². The number of amides is 1. The van der Waals surface area contributed by atoms with E-state index in [-0.39, 0.29) is 18.3 Å². The molecule has 6 nitrogen and oxygen atoms in total. The van der Waals surface area contributed by atoms with Crippen molar-refractivity contribution in [2.24, 2.45) is 16.3 Å². The van der Waals surface area contributed by atoms with Crippen molar-refractivity contribution in [3.63, 3.8) is 0 Å². The lowest BCUT2D eigenvalue weighted by Gasteiger charge is -2.36. The van der Waals surface area contributed by atoms with E-state index in [4.69, 9.17) is 10.9 Å². The van der Waals surface area contributed by atoms with Crippen molar-refractivity contribution in [3.8, 4) is 0 Å². The van der Waals surface area contributed by atoms with Crippen molar-refractivity contribution in [2.45, 2.75) is 59.0 Å². The summed E-state index contributed by atoms with van der Waals surface area (Å²) in [4.78, 5) is 14.2. The van der Waals surface area contributed by atoms with Gasteiger partial charge in [-0.05, 0) is 26.7 Å².